The van der Waals surface area contributed by atoms with Gasteiger partial charge in [0.2, 0.25) is 35.4 Å². The van der Waals surface area contributed by atoms with Crippen LogP contribution >= 0.6 is 0 Å². The third-order valence-electron chi connectivity index (χ3n) is 8.87. The molecule has 16 nitrogen and oxygen atoms in total. The van der Waals surface area contributed by atoms with E-state index in [2.05, 4.69) is 26.6 Å². The van der Waals surface area contributed by atoms with E-state index >= 15 is 0 Å². The van der Waals surface area contributed by atoms with Crippen LogP contribution in [0.25, 0.3) is 0 Å². The monoisotopic (exact) mass is 730 g/mol. The third kappa shape index (κ3) is 16.3. The lowest BCUT2D eigenvalue weighted by Crippen LogP contribution is -2.59. The molecule has 1 aromatic carbocycles. The predicted molar refractivity (Wildman–Crippen MR) is 189 cm³/mol. The van der Waals surface area contributed by atoms with Crippen LogP contribution in [-0.4, -0.2) is 87.8 Å². The number of carboxylic acid groups (broad SMARTS) is 2. The normalized spacial score (nSPS) is 15.9. The zero-order chi connectivity index (χ0) is 38.8. The van der Waals surface area contributed by atoms with Gasteiger partial charge < -0.3 is 42.5 Å². The van der Waals surface area contributed by atoms with Crippen molar-refractivity contribution in [3.05, 3.63) is 35.9 Å². The van der Waals surface area contributed by atoms with Crippen LogP contribution in [0.3, 0.4) is 0 Å². The van der Waals surface area contributed by atoms with Gasteiger partial charge in [0.05, 0.1) is 6.42 Å². The largest absolute Gasteiger partial charge is 0.481 e. The summed E-state index contributed by atoms with van der Waals surface area (Å²) in [5.41, 5.74) is 5.90. The third-order valence-corrected chi connectivity index (χ3v) is 8.87. The number of carbonyl (C=O) groups is 8. The number of benzene rings is 1. The molecule has 9 N–H and O–H groups in total. The minimum Gasteiger partial charge on any atom is -0.481 e. The standard InChI is InChI=1S/C36H54N6O10/c1-21(2)14-15-26(33(48)42-29(36(51)52)19-24-12-8-5-9-13-24)39-35(50)28(20-31(45)46)41-34(49)27(18-23-10-6-4-7-11-23)40-32(47)25(38-22(3)43)16-17-30(37)44/h5,8-9,12-13,21,23,25-29H,4,6-7,10-11,14-20H2,1-3H3,(H2,37,44)(H,38,43)(H,39,50)(H,40,47)(H,41,49)(H,42,48)(H,45,46)(H,51,52)/t25?,26-,27-,28?,29?/m0/s1. The van der Waals surface area contributed by atoms with E-state index in [1.54, 1.807) is 30.3 Å². The molecule has 0 spiro atoms. The molecule has 2 rings (SSSR count). The molecule has 1 aromatic rings. The van der Waals surface area contributed by atoms with Crippen LogP contribution in [0.4, 0.5) is 0 Å². The smallest absolute Gasteiger partial charge is 0.326 e. The average molecular weight is 731 g/mol. The molecule has 0 aromatic heterocycles. The van der Waals surface area contributed by atoms with Crippen LogP contribution in [0.5, 0.6) is 0 Å². The van der Waals surface area contributed by atoms with E-state index in [9.17, 15) is 48.6 Å². The number of nitrogens with two attached hydrogens (primary N) is 1. The molecule has 16 heteroatoms. The Balaban J connectivity index is 2.31. The Hall–Kier alpha value is -5.02. The Morgan fingerprint density at radius 3 is 1.75 bits per heavy atom. The lowest BCUT2D eigenvalue weighted by Gasteiger charge is -2.29. The summed E-state index contributed by atoms with van der Waals surface area (Å²) in [6, 6.07) is 1.96. The van der Waals surface area contributed by atoms with Crippen molar-refractivity contribution in [2.75, 3.05) is 0 Å². The fraction of sp³-hybridized carbons (Fsp3) is 0.611. The van der Waals surface area contributed by atoms with Crippen molar-refractivity contribution in [3.8, 4) is 0 Å². The number of nitrogens with one attached hydrogen (secondary N) is 5. The van der Waals surface area contributed by atoms with Crippen LogP contribution in [0, 0.1) is 11.8 Å². The van der Waals surface area contributed by atoms with Crippen molar-refractivity contribution in [1.29, 1.82) is 0 Å². The van der Waals surface area contributed by atoms with Gasteiger partial charge in [-0.15, -0.1) is 0 Å². The van der Waals surface area contributed by atoms with E-state index in [0.717, 1.165) is 32.1 Å². The number of aliphatic carboxylic acids is 2. The summed E-state index contributed by atoms with van der Waals surface area (Å²) in [4.78, 5) is 101. The lowest BCUT2D eigenvalue weighted by molar-refractivity contribution is -0.143. The van der Waals surface area contributed by atoms with E-state index in [4.69, 9.17) is 5.73 Å². The molecule has 1 fully saturated rings. The first-order valence-corrected chi connectivity index (χ1v) is 17.8. The lowest BCUT2D eigenvalue weighted by atomic mass is 9.84. The Morgan fingerprint density at radius 1 is 0.692 bits per heavy atom. The second-order valence-electron chi connectivity index (χ2n) is 13.8. The Kier molecular flexibility index (Phi) is 18.3. The number of carboxylic acids is 2. The minimum atomic E-state index is -1.68. The van der Waals surface area contributed by atoms with Crippen LogP contribution in [0.15, 0.2) is 30.3 Å². The highest BCUT2D eigenvalue weighted by Crippen LogP contribution is 2.27. The van der Waals surface area contributed by atoms with E-state index < -0.39 is 84.0 Å². The summed E-state index contributed by atoms with van der Waals surface area (Å²) >= 11 is 0. The number of carbonyl (C=O) groups excluding carboxylic acids is 6. The van der Waals surface area contributed by atoms with Crippen molar-refractivity contribution in [2.45, 2.75) is 128 Å². The Labute approximate surface area is 303 Å². The topological polar surface area (TPSA) is 263 Å². The van der Waals surface area contributed by atoms with E-state index in [1.807, 2.05) is 13.8 Å². The van der Waals surface area contributed by atoms with Gasteiger partial charge in [-0.3, -0.25) is 33.6 Å². The van der Waals surface area contributed by atoms with Crippen LogP contribution in [0.1, 0.15) is 97.0 Å². The van der Waals surface area contributed by atoms with Crippen molar-refractivity contribution >= 4 is 47.4 Å². The van der Waals surface area contributed by atoms with Gasteiger partial charge >= 0.3 is 11.9 Å². The minimum absolute atomic E-state index is 0.0239. The summed E-state index contributed by atoms with van der Waals surface area (Å²) < 4.78 is 0. The molecule has 1 saturated carbocycles. The fourth-order valence-corrected chi connectivity index (χ4v) is 6.08. The summed E-state index contributed by atoms with van der Waals surface area (Å²) in [6.45, 7) is 4.97. The first-order chi connectivity index (χ1) is 24.5. The van der Waals surface area contributed by atoms with Gasteiger partial charge in [0, 0.05) is 19.8 Å². The highest BCUT2D eigenvalue weighted by Gasteiger charge is 2.34. The molecule has 0 radical (unpaired) electrons. The summed E-state index contributed by atoms with van der Waals surface area (Å²) in [5, 5.41) is 32.0. The molecule has 0 aliphatic heterocycles. The van der Waals surface area contributed by atoms with Crippen LogP contribution < -0.4 is 32.3 Å². The zero-order valence-electron chi connectivity index (χ0n) is 30.2. The Bertz CT molecular complexity index is 1400. The predicted octanol–water partition coefficient (Wildman–Crippen LogP) is 0.904. The van der Waals surface area contributed by atoms with E-state index in [-0.39, 0.29) is 43.9 Å². The van der Waals surface area contributed by atoms with Gasteiger partial charge in [-0.2, -0.15) is 0 Å². The van der Waals surface area contributed by atoms with E-state index in [1.165, 1.54) is 6.92 Å². The molecule has 52 heavy (non-hydrogen) atoms. The number of rotatable bonds is 22. The van der Waals surface area contributed by atoms with Gasteiger partial charge in [-0.1, -0.05) is 76.3 Å². The second-order valence-corrected chi connectivity index (χ2v) is 13.8. The second kappa shape index (κ2) is 22.0. The molecule has 6 amide bonds. The first-order valence-electron chi connectivity index (χ1n) is 17.8. The number of amides is 6. The molecular weight excluding hydrogens is 676 g/mol. The maximum absolute atomic E-state index is 13.8. The fourth-order valence-electron chi connectivity index (χ4n) is 6.08. The molecular formula is C36H54N6O10. The van der Waals surface area contributed by atoms with Gasteiger partial charge in [0.25, 0.3) is 0 Å². The van der Waals surface area contributed by atoms with Crippen molar-refractivity contribution in [1.82, 2.24) is 26.6 Å². The SMILES string of the molecule is CC(=O)NC(CCC(N)=O)C(=O)N[C@@H](CC1CCCCC1)C(=O)NC(CC(=O)O)C(=O)N[C@@H](CCC(C)C)C(=O)NC(Cc1ccccc1)C(=O)O. The number of hydrogen-bond donors (Lipinski definition) is 8. The van der Waals surface area contributed by atoms with Crippen molar-refractivity contribution < 1.29 is 48.6 Å². The van der Waals surface area contributed by atoms with Gasteiger partial charge in [0.1, 0.15) is 30.2 Å². The molecule has 1 aliphatic carbocycles. The van der Waals surface area contributed by atoms with Gasteiger partial charge in [0.15, 0.2) is 0 Å². The van der Waals surface area contributed by atoms with Crippen LogP contribution in [0.2, 0.25) is 0 Å². The van der Waals surface area contributed by atoms with Gasteiger partial charge in [-0.25, -0.2) is 4.79 Å². The van der Waals surface area contributed by atoms with Crippen molar-refractivity contribution in [3.63, 3.8) is 0 Å². The summed E-state index contributed by atoms with van der Waals surface area (Å²) in [5.74, 6) is -7.24. The number of primary amides is 1. The zero-order valence-corrected chi connectivity index (χ0v) is 30.2. The molecule has 5 atom stereocenters. The molecule has 0 bridgehead atoms. The molecule has 3 unspecified atom stereocenters. The quantitative estimate of drug-likeness (QED) is 0.0836. The summed E-state index contributed by atoms with van der Waals surface area (Å²) in [7, 11) is 0. The molecule has 288 valence electrons. The average Bonchev–Trinajstić information content (AvgIpc) is 3.07. The molecule has 1 aliphatic rings. The maximum atomic E-state index is 13.8. The van der Waals surface area contributed by atoms with E-state index in [0.29, 0.717) is 12.0 Å². The summed E-state index contributed by atoms with van der Waals surface area (Å²) in [6.07, 6.45) is 3.89. The Morgan fingerprint density at radius 2 is 1.21 bits per heavy atom. The number of hydrogen-bond acceptors (Lipinski definition) is 8. The van der Waals surface area contributed by atoms with Gasteiger partial charge in [-0.05, 0) is 43.1 Å². The maximum Gasteiger partial charge on any atom is 0.326 e. The van der Waals surface area contributed by atoms with Crippen LogP contribution in [-0.2, 0) is 44.8 Å². The first kappa shape index (κ1) is 43.1. The molecule has 0 saturated heterocycles. The molecule has 0 heterocycles. The highest BCUT2D eigenvalue weighted by atomic mass is 16.4. The van der Waals surface area contributed by atoms with Crippen molar-refractivity contribution in [2.24, 2.45) is 17.6 Å². The highest BCUT2D eigenvalue weighted by molar-refractivity contribution is 5.97.